The maximum absolute atomic E-state index is 11.2. The summed E-state index contributed by atoms with van der Waals surface area (Å²) >= 11 is 0. The molecule has 1 heterocycles. The van der Waals surface area contributed by atoms with Gasteiger partial charge in [-0.1, -0.05) is 60.7 Å². The van der Waals surface area contributed by atoms with Gasteiger partial charge in [-0.2, -0.15) is 0 Å². The summed E-state index contributed by atoms with van der Waals surface area (Å²) in [6.07, 6.45) is 2.08. The Morgan fingerprint density at radius 3 is 2.00 bits per heavy atom. The first kappa shape index (κ1) is 15.8. The summed E-state index contributed by atoms with van der Waals surface area (Å²) in [6, 6.07) is 22.0. The van der Waals surface area contributed by atoms with Crippen molar-refractivity contribution in [2.75, 3.05) is 6.54 Å². The van der Waals surface area contributed by atoms with E-state index in [4.69, 9.17) is 0 Å². The minimum Gasteiger partial charge on any atom is -0.352 e. The first-order chi connectivity index (χ1) is 11.2. The quantitative estimate of drug-likeness (QED) is 0.911. The molecule has 1 aliphatic heterocycles. The van der Waals surface area contributed by atoms with Crippen molar-refractivity contribution in [1.29, 1.82) is 0 Å². The molecule has 0 saturated carbocycles. The van der Waals surface area contributed by atoms with E-state index in [0.717, 1.165) is 19.4 Å². The molecule has 0 unspecified atom stereocenters. The maximum Gasteiger partial charge on any atom is 0.217 e. The number of nitrogens with one attached hydrogen (secondary N) is 2. The van der Waals surface area contributed by atoms with Crippen molar-refractivity contribution >= 4 is 5.91 Å². The molecule has 2 atom stereocenters. The van der Waals surface area contributed by atoms with Crippen LogP contribution in [-0.2, 0) is 4.79 Å². The van der Waals surface area contributed by atoms with Crippen molar-refractivity contribution < 1.29 is 4.79 Å². The number of hydrogen-bond donors (Lipinski definition) is 2. The molecule has 1 amide bonds. The van der Waals surface area contributed by atoms with Gasteiger partial charge in [0.1, 0.15) is 0 Å². The van der Waals surface area contributed by atoms with Gasteiger partial charge in [-0.05, 0) is 24.0 Å². The molecule has 2 aromatic carbocycles. The summed E-state index contributed by atoms with van der Waals surface area (Å²) in [6.45, 7) is 2.42. The molecule has 2 N–H and O–H groups in total. The number of hydrogen-bond acceptors (Lipinski definition) is 2. The molecule has 23 heavy (non-hydrogen) atoms. The van der Waals surface area contributed by atoms with Crippen LogP contribution in [0.2, 0.25) is 0 Å². The van der Waals surface area contributed by atoms with Gasteiger partial charge >= 0.3 is 0 Å². The molecule has 120 valence electrons. The van der Waals surface area contributed by atoms with E-state index in [-0.39, 0.29) is 11.9 Å². The molecule has 2 aromatic rings. The smallest absolute Gasteiger partial charge is 0.217 e. The van der Waals surface area contributed by atoms with Gasteiger partial charge in [-0.25, -0.2) is 0 Å². The molecule has 1 aliphatic rings. The maximum atomic E-state index is 11.2. The Balaban J connectivity index is 1.79. The fraction of sp³-hybridized carbons (Fsp3) is 0.350. The van der Waals surface area contributed by atoms with Crippen LogP contribution in [0.5, 0.6) is 0 Å². The van der Waals surface area contributed by atoms with Crippen molar-refractivity contribution in [2.45, 2.75) is 37.8 Å². The Morgan fingerprint density at radius 2 is 1.57 bits per heavy atom. The lowest BCUT2D eigenvalue weighted by molar-refractivity contribution is -0.119. The summed E-state index contributed by atoms with van der Waals surface area (Å²) in [7, 11) is 0. The van der Waals surface area contributed by atoms with Gasteiger partial charge in [-0.15, -0.1) is 0 Å². The molecular formula is C20H24N2O. The van der Waals surface area contributed by atoms with Crippen molar-refractivity contribution in [3.05, 3.63) is 71.8 Å². The van der Waals surface area contributed by atoms with Crippen LogP contribution in [0.3, 0.4) is 0 Å². The number of carbonyl (C=O) groups is 1. The van der Waals surface area contributed by atoms with E-state index in [1.54, 1.807) is 6.92 Å². The second kappa shape index (κ2) is 7.42. The number of benzene rings is 2. The van der Waals surface area contributed by atoms with E-state index in [9.17, 15) is 4.79 Å². The monoisotopic (exact) mass is 308 g/mol. The summed E-state index contributed by atoms with van der Waals surface area (Å²) in [5, 5.41) is 6.68. The Hall–Kier alpha value is -2.13. The highest BCUT2D eigenvalue weighted by molar-refractivity contribution is 5.73. The SMILES string of the molecule is CC(=O)N[C@@H]1CC[C@H](C(c2ccccc2)c2ccccc2)NC1. The molecule has 0 spiro atoms. The highest BCUT2D eigenvalue weighted by Crippen LogP contribution is 2.31. The fourth-order valence-electron chi connectivity index (χ4n) is 3.55. The van der Waals surface area contributed by atoms with Crippen molar-refractivity contribution in [2.24, 2.45) is 0 Å². The third-order valence-corrected chi connectivity index (χ3v) is 4.58. The van der Waals surface area contributed by atoms with Crippen molar-refractivity contribution in [3.8, 4) is 0 Å². The molecule has 0 radical (unpaired) electrons. The zero-order valence-electron chi connectivity index (χ0n) is 13.5. The summed E-state index contributed by atoms with van der Waals surface area (Å²) < 4.78 is 0. The van der Waals surface area contributed by atoms with E-state index >= 15 is 0 Å². The van der Waals surface area contributed by atoms with E-state index < -0.39 is 0 Å². The van der Waals surface area contributed by atoms with Crippen LogP contribution in [0.25, 0.3) is 0 Å². The molecule has 0 aliphatic carbocycles. The number of carbonyl (C=O) groups excluding carboxylic acids is 1. The van der Waals surface area contributed by atoms with Crippen molar-refractivity contribution in [3.63, 3.8) is 0 Å². The van der Waals surface area contributed by atoms with E-state index in [1.807, 2.05) is 0 Å². The lowest BCUT2D eigenvalue weighted by Crippen LogP contribution is -2.51. The summed E-state index contributed by atoms with van der Waals surface area (Å²) in [5.74, 6) is 0.397. The molecule has 0 aromatic heterocycles. The van der Waals surface area contributed by atoms with Gasteiger partial charge in [0.2, 0.25) is 5.91 Å². The van der Waals surface area contributed by atoms with Crippen LogP contribution in [0.1, 0.15) is 36.8 Å². The average Bonchev–Trinajstić information content (AvgIpc) is 2.58. The van der Waals surface area contributed by atoms with Gasteiger partial charge in [0.25, 0.3) is 0 Å². The van der Waals surface area contributed by atoms with Gasteiger partial charge < -0.3 is 10.6 Å². The largest absolute Gasteiger partial charge is 0.352 e. The second-order valence-electron chi connectivity index (χ2n) is 6.29. The summed E-state index contributed by atoms with van der Waals surface area (Å²) in [5.41, 5.74) is 2.68. The van der Waals surface area contributed by atoms with Crippen LogP contribution in [0, 0.1) is 0 Å². The average molecular weight is 308 g/mol. The van der Waals surface area contributed by atoms with E-state index in [1.165, 1.54) is 11.1 Å². The van der Waals surface area contributed by atoms with Crippen molar-refractivity contribution in [1.82, 2.24) is 10.6 Å². The predicted octanol–water partition coefficient (Wildman–Crippen LogP) is 3.08. The Morgan fingerprint density at radius 1 is 1.00 bits per heavy atom. The van der Waals surface area contributed by atoms with E-state index in [0.29, 0.717) is 12.0 Å². The first-order valence-corrected chi connectivity index (χ1v) is 8.34. The highest BCUT2D eigenvalue weighted by Gasteiger charge is 2.29. The number of rotatable bonds is 4. The lowest BCUT2D eigenvalue weighted by atomic mass is 9.81. The standard InChI is InChI=1S/C20H24N2O/c1-15(23)22-18-12-13-19(21-14-18)20(16-8-4-2-5-9-16)17-10-6-3-7-11-17/h2-11,18-21H,12-14H2,1H3,(H,22,23)/t18-,19-/m1/s1. The highest BCUT2D eigenvalue weighted by atomic mass is 16.1. The molecule has 3 heteroatoms. The summed E-state index contributed by atoms with van der Waals surface area (Å²) in [4.78, 5) is 11.2. The third-order valence-electron chi connectivity index (χ3n) is 4.58. The normalized spacial score (nSPS) is 21.1. The van der Waals surface area contributed by atoms with Crippen LogP contribution in [0.15, 0.2) is 60.7 Å². The van der Waals surface area contributed by atoms with Gasteiger partial charge in [0.05, 0.1) is 0 Å². The lowest BCUT2D eigenvalue weighted by Gasteiger charge is -2.36. The number of piperidine rings is 1. The molecule has 1 saturated heterocycles. The zero-order valence-corrected chi connectivity index (χ0v) is 13.5. The third kappa shape index (κ3) is 3.99. The van der Waals surface area contributed by atoms with Gasteiger partial charge in [0, 0.05) is 31.5 Å². The van der Waals surface area contributed by atoms with E-state index in [2.05, 4.69) is 71.3 Å². The molecule has 0 bridgehead atoms. The topological polar surface area (TPSA) is 41.1 Å². The first-order valence-electron chi connectivity index (χ1n) is 8.34. The van der Waals surface area contributed by atoms with Gasteiger partial charge in [0.15, 0.2) is 0 Å². The van der Waals surface area contributed by atoms with Gasteiger partial charge in [-0.3, -0.25) is 4.79 Å². The Labute approximate surface area is 138 Å². The predicted molar refractivity (Wildman–Crippen MR) is 93.4 cm³/mol. The zero-order chi connectivity index (χ0) is 16.1. The number of amides is 1. The van der Waals surface area contributed by atoms with Crippen LogP contribution in [0.4, 0.5) is 0 Å². The molecule has 1 fully saturated rings. The molecule has 3 rings (SSSR count). The molecular weight excluding hydrogens is 284 g/mol. The Kier molecular flexibility index (Phi) is 5.09. The second-order valence-corrected chi connectivity index (χ2v) is 6.29. The Bertz CT molecular complexity index is 579. The van der Waals surface area contributed by atoms with Crippen LogP contribution < -0.4 is 10.6 Å². The van der Waals surface area contributed by atoms with Crippen LogP contribution >= 0.6 is 0 Å². The minimum atomic E-state index is 0.0536. The fourth-order valence-corrected chi connectivity index (χ4v) is 3.55. The molecule has 3 nitrogen and oxygen atoms in total. The minimum absolute atomic E-state index is 0.0536. The van der Waals surface area contributed by atoms with Crippen LogP contribution in [-0.4, -0.2) is 24.5 Å².